The normalized spacial score (nSPS) is 24.9. The van der Waals surface area contributed by atoms with Crippen LogP contribution in [0.5, 0.6) is 0 Å². The molecule has 4 heteroatoms. The van der Waals surface area contributed by atoms with E-state index in [1.54, 1.807) is 0 Å². The summed E-state index contributed by atoms with van der Waals surface area (Å²) in [5.74, 6) is 0.427. The fourth-order valence-corrected chi connectivity index (χ4v) is 1.82. The lowest BCUT2D eigenvalue weighted by atomic mass is 9.84. The quantitative estimate of drug-likeness (QED) is 0.577. The molecule has 1 saturated carbocycles. The average Bonchev–Trinajstić information content (AvgIpc) is 1.98. The fourth-order valence-electron chi connectivity index (χ4n) is 1.82. The van der Waals surface area contributed by atoms with Crippen LogP contribution in [0.25, 0.3) is 0 Å². The summed E-state index contributed by atoms with van der Waals surface area (Å²) in [5, 5.41) is 15.6. The minimum atomic E-state index is -0.563. The first-order valence-corrected chi connectivity index (χ1v) is 5.40. The van der Waals surface area contributed by atoms with E-state index in [4.69, 9.17) is 0 Å². The van der Waals surface area contributed by atoms with Gasteiger partial charge in [0.15, 0.2) is 0 Å². The van der Waals surface area contributed by atoms with Crippen LogP contribution in [0.4, 0.5) is 0 Å². The molecule has 1 amide bonds. The number of rotatable bonds is 4. The number of hydrogen-bond acceptors (Lipinski definition) is 3. The van der Waals surface area contributed by atoms with Crippen molar-refractivity contribution in [3.8, 4) is 0 Å². The van der Waals surface area contributed by atoms with Crippen LogP contribution in [0.1, 0.15) is 25.7 Å². The number of carbonyl (C=O) groups is 1. The Morgan fingerprint density at radius 3 is 2.64 bits per heavy atom. The molecule has 14 heavy (non-hydrogen) atoms. The zero-order chi connectivity index (χ0) is 10.0. The van der Waals surface area contributed by atoms with E-state index in [1.165, 1.54) is 6.42 Å². The van der Waals surface area contributed by atoms with Crippen LogP contribution in [0, 0.1) is 5.92 Å². The SMILES string of the molecule is O=C(NCCC1(O)CNC1)C1CCC1. The molecule has 3 N–H and O–H groups in total. The molecule has 1 heterocycles. The molecule has 0 spiro atoms. The maximum atomic E-state index is 11.4. The van der Waals surface area contributed by atoms with Gasteiger partial charge in [0.1, 0.15) is 0 Å². The Kier molecular flexibility index (Phi) is 2.74. The number of aliphatic hydroxyl groups is 1. The molecular formula is C10H18N2O2. The first-order valence-electron chi connectivity index (χ1n) is 5.40. The maximum absolute atomic E-state index is 11.4. The summed E-state index contributed by atoms with van der Waals surface area (Å²) in [6.07, 6.45) is 3.93. The first kappa shape index (κ1) is 9.93. The summed E-state index contributed by atoms with van der Waals surface area (Å²) < 4.78 is 0. The number of carbonyl (C=O) groups excluding carboxylic acids is 1. The van der Waals surface area contributed by atoms with E-state index in [2.05, 4.69) is 10.6 Å². The second kappa shape index (κ2) is 3.87. The molecule has 2 fully saturated rings. The van der Waals surface area contributed by atoms with Crippen LogP contribution in [0.15, 0.2) is 0 Å². The average molecular weight is 198 g/mol. The van der Waals surface area contributed by atoms with E-state index < -0.39 is 5.60 Å². The first-order chi connectivity index (χ1) is 6.70. The van der Waals surface area contributed by atoms with E-state index in [9.17, 15) is 9.90 Å². The Morgan fingerprint density at radius 2 is 2.21 bits per heavy atom. The summed E-state index contributed by atoms with van der Waals surface area (Å²) in [7, 11) is 0. The summed E-state index contributed by atoms with van der Waals surface area (Å²) in [6, 6.07) is 0. The lowest BCUT2D eigenvalue weighted by molar-refractivity contribution is -0.127. The molecule has 2 aliphatic rings. The van der Waals surface area contributed by atoms with Crippen LogP contribution in [-0.4, -0.2) is 36.2 Å². The lowest BCUT2D eigenvalue weighted by Crippen LogP contribution is -2.60. The van der Waals surface area contributed by atoms with E-state index in [-0.39, 0.29) is 11.8 Å². The Hall–Kier alpha value is -0.610. The van der Waals surface area contributed by atoms with E-state index >= 15 is 0 Å². The number of β-amino-alcohol motifs (C(OH)–C–C–N with tert-alkyl or cyclic N) is 1. The van der Waals surface area contributed by atoms with Gasteiger partial charge in [-0.1, -0.05) is 6.42 Å². The predicted molar refractivity (Wildman–Crippen MR) is 52.8 cm³/mol. The molecule has 4 nitrogen and oxygen atoms in total. The molecule has 0 aromatic heterocycles. The van der Waals surface area contributed by atoms with Crippen molar-refractivity contribution in [3.63, 3.8) is 0 Å². The topological polar surface area (TPSA) is 61.4 Å². The van der Waals surface area contributed by atoms with Gasteiger partial charge in [-0.2, -0.15) is 0 Å². The summed E-state index contributed by atoms with van der Waals surface area (Å²) in [5.41, 5.74) is -0.563. The third kappa shape index (κ3) is 2.07. The van der Waals surface area contributed by atoms with Gasteiger partial charge in [0.25, 0.3) is 0 Å². The second-order valence-corrected chi connectivity index (χ2v) is 4.50. The third-order valence-corrected chi connectivity index (χ3v) is 3.27. The Labute approximate surface area is 84.1 Å². The van der Waals surface area contributed by atoms with Gasteiger partial charge in [-0.05, 0) is 19.3 Å². The highest BCUT2D eigenvalue weighted by molar-refractivity contribution is 5.79. The minimum absolute atomic E-state index is 0.173. The monoisotopic (exact) mass is 198 g/mol. The molecular weight excluding hydrogens is 180 g/mol. The van der Waals surface area contributed by atoms with Crippen LogP contribution in [0.3, 0.4) is 0 Å². The van der Waals surface area contributed by atoms with Gasteiger partial charge in [-0.25, -0.2) is 0 Å². The van der Waals surface area contributed by atoms with Gasteiger partial charge >= 0.3 is 0 Å². The van der Waals surface area contributed by atoms with Gasteiger partial charge in [0, 0.05) is 25.6 Å². The molecule has 0 aromatic carbocycles. The molecule has 1 aliphatic carbocycles. The van der Waals surface area contributed by atoms with Crippen molar-refractivity contribution in [2.45, 2.75) is 31.3 Å². The van der Waals surface area contributed by atoms with E-state index in [0.717, 1.165) is 12.8 Å². The minimum Gasteiger partial charge on any atom is -0.387 e. The van der Waals surface area contributed by atoms with Crippen molar-refractivity contribution in [1.29, 1.82) is 0 Å². The Morgan fingerprint density at radius 1 is 1.50 bits per heavy atom. The van der Waals surface area contributed by atoms with Crippen LogP contribution >= 0.6 is 0 Å². The summed E-state index contributed by atoms with van der Waals surface area (Å²) in [6.45, 7) is 1.92. The van der Waals surface area contributed by atoms with Gasteiger partial charge in [-0.3, -0.25) is 4.79 Å². The summed E-state index contributed by atoms with van der Waals surface area (Å²) in [4.78, 5) is 11.4. The smallest absolute Gasteiger partial charge is 0.223 e. The molecule has 0 atom stereocenters. The van der Waals surface area contributed by atoms with Crippen molar-refractivity contribution in [2.75, 3.05) is 19.6 Å². The molecule has 0 radical (unpaired) electrons. The summed E-state index contributed by atoms with van der Waals surface area (Å²) >= 11 is 0. The standard InChI is InChI=1S/C10H18N2O2/c13-9(8-2-1-3-8)12-5-4-10(14)6-11-7-10/h8,11,14H,1-7H2,(H,12,13). The van der Waals surface area contributed by atoms with E-state index in [1.807, 2.05) is 0 Å². The molecule has 0 bridgehead atoms. The third-order valence-electron chi connectivity index (χ3n) is 3.27. The van der Waals surface area contributed by atoms with Gasteiger partial charge in [-0.15, -0.1) is 0 Å². The highest BCUT2D eigenvalue weighted by atomic mass is 16.3. The van der Waals surface area contributed by atoms with Gasteiger partial charge < -0.3 is 15.7 Å². The molecule has 0 aromatic rings. The highest BCUT2D eigenvalue weighted by Gasteiger charge is 2.34. The van der Waals surface area contributed by atoms with Crippen LogP contribution in [0.2, 0.25) is 0 Å². The van der Waals surface area contributed by atoms with Crippen molar-refractivity contribution in [2.24, 2.45) is 5.92 Å². The number of hydrogen-bond donors (Lipinski definition) is 3. The molecule has 2 rings (SSSR count). The molecule has 0 unspecified atom stereocenters. The Bertz CT molecular complexity index is 222. The maximum Gasteiger partial charge on any atom is 0.223 e. The largest absolute Gasteiger partial charge is 0.387 e. The number of nitrogens with one attached hydrogen (secondary N) is 2. The molecule has 1 saturated heterocycles. The lowest BCUT2D eigenvalue weighted by Gasteiger charge is -2.37. The predicted octanol–water partition coefficient (Wildman–Crippen LogP) is -0.373. The zero-order valence-corrected chi connectivity index (χ0v) is 8.38. The molecule has 1 aliphatic heterocycles. The van der Waals surface area contributed by atoms with Crippen LogP contribution in [-0.2, 0) is 4.79 Å². The highest BCUT2D eigenvalue weighted by Crippen LogP contribution is 2.26. The fraction of sp³-hybridized carbons (Fsp3) is 0.900. The van der Waals surface area contributed by atoms with Crippen LogP contribution < -0.4 is 10.6 Å². The van der Waals surface area contributed by atoms with Gasteiger partial charge in [0.2, 0.25) is 5.91 Å². The van der Waals surface area contributed by atoms with E-state index in [0.29, 0.717) is 26.1 Å². The number of amides is 1. The molecule has 80 valence electrons. The Balaban J connectivity index is 1.60. The zero-order valence-electron chi connectivity index (χ0n) is 8.38. The van der Waals surface area contributed by atoms with Crippen molar-refractivity contribution in [3.05, 3.63) is 0 Å². The second-order valence-electron chi connectivity index (χ2n) is 4.50. The van der Waals surface area contributed by atoms with Gasteiger partial charge in [0.05, 0.1) is 5.60 Å². The van der Waals surface area contributed by atoms with Crippen molar-refractivity contribution >= 4 is 5.91 Å². The van der Waals surface area contributed by atoms with Crippen molar-refractivity contribution < 1.29 is 9.90 Å². The van der Waals surface area contributed by atoms with Crippen molar-refractivity contribution in [1.82, 2.24) is 10.6 Å².